The zero-order valence-corrected chi connectivity index (χ0v) is 13.9. The van der Waals surface area contributed by atoms with Crippen LogP contribution in [0.5, 0.6) is 5.88 Å². The van der Waals surface area contributed by atoms with E-state index in [2.05, 4.69) is 15.6 Å². The highest BCUT2D eigenvalue weighted by Gasteiger charge is 2.12. The number of halogens is 1. The topological polar surface area (TPSA) is 63.2 Å². The summed E-state index contributed by atoms with van der Waals surface area (Å²) < 4.78 is 5.09. The Morgan fingerprint density at radius 1 is 1.30 bits per heavy atom. The molecule has 2 rings (SSSR count). The van der Waals surface area contributed by atoms with Crippen molar-refractivity contribution in [3.8, 4) is 5.88 Å². The first kappa shape index (κ1) is 17.2. The van der Waals surface area contributed by atoms with Crippen molar-refractivity contribution in [2.75, 3.05) is 19.0 Å². The van der Waals surface area contributed by atoms with Gasteiger partial charge in [-0.15, -0.1) is 0 Å². The fraction of sp³-hybridized carbons (Fsp3) is 0.294. The van der Waals surface area contributed by atoms with E-state index >= 15 is 0 Å². The molecule has 0 fully saturated rings. The number of benzene rings is 1. The molecule has 2 N–H and O–H groups in total. The Bertz CT molecular complexity index is 647. The van der Waals surface area contributed by atoms with Gasteiger partial charge >= 0.3 is 0 Å². The van der Waals surface area contributed by atoms with Gasteiger partial charge in [0.05, 0.1) is 13.2 Å². The molecule has 23 heavy (non-hydrogen) atoms. The highest BCUT2D eigenvalue weighted by atomic mass is 35.5. The molecule has 2 aromatic rings. The number of carbonyl (C=O) groups is 1. The standard InChI is InChI=1S/C17H20ClN3O2/c1-12(17(22)21-15-5-3-14(18)4-6-15)19-9-7-13-8-10-20-16(11-13)23-2/h3-6,8,10-12,19H,7,9H2,1-2H3,(H,21,22). The Morgan fingerprint density at radius 3 is 2.74 bits per heavy atom. The third kappa shape index (κ3) is 5.54. The van der Waals surface area contributed by atoms with Gasteiger partial charge in [0.25, 0.3) is 0 Å². The average Bonchev–Trinajstić information content (AvgIpc) is 2.57. The SMILES string of the molecule is COc1cc(CCNC(C)C(=O)Nc2ccc(Cl)cc2)ccn1. The van der Waals surface area contributed by atoms with E-state index in [1.165, 1.54) is 0 Å². The van der Waals surface area contributed by atoms with E-state index in [4.69, 9.17) is 16.3 Å². The van der Waals surface area contributed by atoms with Gasteiger partial charge in [0.1, 0.15) is 0 Å². The summed E-state index contributed by atoms with van der Waals surface area (Å²) >= 11 is 5.82. The first-order valence-corrected chi connectivity index (χ1v) is 7.75. The van der Waals surface area contributed by atoms with Crippen molar-refractivity contribution in [2.24, 2.45) is 0 Å². The number of nitrogens with zero attached hydrogens (tertiary/aromatic N) is 1. The van der Waals surface area contributed by atoms with E-state index in [1.54, 1.807) is 37.6 Å². The summed E-state index contributed by atoms with van der Waals surface area (Å²) in [6, 6.07) is 10.6. The molecule has 1 amide bonds. The predicted molar refractivity (Wildman–Crippen MR) is 92.0 cm³/mol. The molecule has 1 atom stereocenters. The molecule has 1 aromatic heterocycles. The third-order valence-corrected chi connectivity index (χ3v) is 3.63. The number of aromatic nitrogens is 1. The Labute approximate surface area is 141 Å². The highest BCUT2D eigenvalue weighted by Crippen LogP contribution is 2.13. The van der Waals surface area contributed by atoms with Crippen molar-refractivity contribution in [2.45, 2.75) is 19.4 Å². The zero-order valence-electron chi connectivity index (χ0n) is 13.2. The van der Waals surface area contributed by atoms with Crippen molar-refractivity contribution in [3.05, 3.63) is 53.2 Å². The summed E-state index contributed by atoms with van der Waals surface area (Å²) in [5.41, 5.74) is 1.83. The molecule has 0 bridgehead atoms. The fourth-order valence-corrected chi connectivity index (χ4v) is 2.15. The number of hydrogen-bond acceptors (Lipinski definition) is 4. The molecule has 0 aliphatic rings. The molecule has 5 nitrogen and oxygen atoms in total. The molecular weight excluding hydrogens is 314 g/mol. The van der Waals surface area contributed by atoms with Gasteiger partial charge in [-0.25, -0.2) is 4.98 Å². The van der Waals surface area contributed by atoms with E-state index < -0.39 is 0 Å². The van der Waals surface area contributed by atoms with Crippen LogP contribution >= 0.6 is 11.6 Å². The Hall–Kier alpha value is -2.11. The van der Waals surface area contributed by atoms with Gasteiger partial charge in [-0.2, -0.15) is 0 Å². The molecule has 0 spiro atoms. The lowest BCUT2D eigenvalue weighted by molar-refractivity contribution is -0.117. The number of hydrogen-bond donors (Lipinski definition) is 2. The van der Waals surface area contributed by atoms with Crippen molar-refractivity contribution < 1.29 is 9.53 Å². The number of nitrogens with one attached hydrogen (secondary N) is 2. The molecular formula is C17H20ClN3O2. The van der Waals surface area contributed by atoms with Crippen LogP contribution in [0.15, 0.2) is 42.6 Å². The van der Waals surface area contributed by atoms with Crippen LogP contribution in [0.3, 0.4) is 0 Å². The first-order chi connectivity index (χ1) is 11.1. The monoisotopic (exact) mass is 333 g/mol. The van der Waals surface area contributed by atoms with E-state index in [0.29, 0.717) is 17.4 Å². The molecule has 1 aromatic carbocycles. The second-order valence-corrected chi connectivity index (χ2v) is 5.56. The summed E-state index contributed by atoms with van der Waals surface area (Å²) in [5.74, 6) is 0.510. The predicted octanol–water partition coefficient (Wildman–Crippen LogP) is 2.90. The van der Waals surface area contributed by atoms with Crippen LogP contribution in [0.4, 0.5) is 5.69 Å². The van der Waals surface area contributed by atoms with E-state index in [-0.39, 0.29) is 11.9 Å². The van der Waals surface area contributed by atoms with Crippen LogP contribution in [-0.4, -0.2) is 30.6 Å². The Morgan fingerprint density at radius 2 is 2.04 bits per heavy atom. The minimum atomic E-state index is -0.297. The number of methoxy groups -OCH3 is 1. The van der Waals surface area contributed by atoms with Crippen molar-refractivity contribution in [1.82, 2.24) is 10.3 Å². The highest BCUT2D eigenvalue weighted by molar-refractivity contribution is 6.30. The number of pyridine rings is 1. The van der Waals surface area contributed by atoms with Gasteiger partial charge in [0.15, 0.2) is 0 Å². The van der Waals surface area contributed by atoms with E-state index in [9.17, 15) is 4.79 Å². The van der Waals surface area contributed by atoms with Gasteiger partial charge in [-0.3, -0.25) is 4.79 Å². The Balaban J connectivity index is 1.78. The third-order valence-electron chi connectivity index (χ3n) is 3.38. The maximum absolute atomic E-state index is 12.1. The van der Waals surface area contributed by atoms with Gasteiger partial charge in [-0.1, -0.05) is 11.6 Å². The van der Waals surface area contributed by atoms with Gasteiger partial charge in [-0.05, 0) is 55.8 Å². The van der Waals surface area contributed by atoms with Crippen LogP contribution in [0.25, 0.3) is 0 Å². The van der Waals surface area contributed by atoms with E-state index in [1.807, 2.05) is 19.1 Å². The second-order valence-electron chi connectivity index (χ2n) is 5.13. The van der Waals surface area contributed by atoms with Gasteiger partial charge in [0.2, 0.25) is 11.8 Å². The normalized spacial score (nSPS) is 11.8. The van der Waals surface area contributed by atoms with Gasteiger partial charge in [0, 0.05) is 23.0 Å². The second kappa shape index (κ2) is 8.50. The molecule has 0 radical (unpaired) electrons. The zero-order chi connectivity index (χ0) is 16.7. The van der Waals surface area contributed by atoms with Crippen LogP contribution < -0.4 is 15.4 Å². The lowest BCUT2D eigenvalue weighted by Gasteiger charge is -2.14. The molecule has 1 heterocycles. The summed E-state index contributed by atoms with van der Waals surface area (Å²) in [5, 5.41) is 6.69. The molecule has 6 heteroatoms. The molecule has 0 aliphatic carbocycles. The average molecular weight is 334 g/mol. The molecule has 0 saturated carbocycles. The number of ether oxygens (including phenoxy) is 1. The maximum atomic E-state index is 12.1. The minimum absolute atomic E-state index is 0.0837. The van der Waals surface area contributed by atoms with E-state index in [0.717, 1.165) is 17.7 Å². The Kier molecular flexibility index (Phi) is 6.38. The molecule has 0 saturated heterocycles. The number of carbonyl (C=O) groups excluding carboxylic acids is 1. The number of rotatable bonds is 7. The summed E-state index contributed by atoms with van der Waals surface area (Å²) in [4.78, 5) is 16.2. The van der Waals surface area contributed by atoms with Crippen molar-refractivity contribution in [1.29, 1.82) is 0 Å². The maximum Gasteiger partial charge on any atom is 0.241 e. The lowest BCUT2D eigenvalue weighted by atomic mass is 10.2. The smallest absolute Gasteiger partial charge is 0.241 e. The van der Waals surface area contributed by atoms with Crippen LogP contribution in [-0.2, 0) is 11.2 Å². The lowest BCUT2D eigenvalue weighted by Crippen LogP contribution is -2.39. The quantitative estimate of drug-likeness (QED) is 0.817. The van der Waals surface area contributed by atoms with Gasteiger partial charge < -0.3 is 15.4 Å². The number of anilines is 1. The minimum Gasteiger partial charge on any atom is -0.481 e. The van der Waals surface area contributed by atoms with Crippen LogP contribution in [0, 0.1) is 0 Å². The fourth-order valence-electron chi connectivity index (χ4n) is 2.03. The summed E-state index contributed by atoms with van der Waals surface area (Å²) in [7, 11) is 1.59. The molecule has 0 aliphatic heterocycles. The molecule has 122 valence electrons. The largest absolute Gasteiger partial charge is 0.481 e. The van der Waals surface area contributed by atoms with Crippen LogP contribution in [0.1, 0.15) is 12.5 Å². The number of amides is 1. The van der Waals surface area contributed by atoms with Crippen LogP contribution in [0.2, 0.25) is 5.02 Å². The van der Waals surface area contributed by atoms with Crippen molar-refractivity contribution in [3.63, 3.8) is 0 Å². The van der Waals surface area contributed by atoms with Crippen molar-refractivity contribution >= 4 is 23.2 Å². The molecule has 1 unspecified atom stereocenters. The summed E-state index contributed by atoms with van der Waals surface area (Å²) in [6.45, 7) is 2.51. The first-order valence-electron chi connectivity index (χ1n) is 7.37. The summed E-state index contributed by atoms with van der Waals surface area (Å²) in [6.07, 6.45) is 2.50.